The third-order valence-corrected chi connectivity index (χ3v) is 14.8. The van der Waals surface area contributed by atoms with Gasteiger partial charge in [-0.05, 0) is 83.5 Å². The van der Waals surface area contributed by atoms with E-state index in [-0.39, 0.29) is 31.1 Å². The van der Waals surface area contributed by atoms with Crippen LogP contribution in [0.4, 0.5) is 0 Å². The summed E-state index contributed by atoms with van der Waals surface area (Å²) in [5.41, 5.74) is 0. The van der Waals surface area contributed by atoms with Gasteiger partial charge in [0.2, 0.25) is 0 Å². The average Bonchev–Trinajstić information content (AvgIpc) is 3.42. The SMILES string of the molecule is CC/C=C\C/C=C\C/C=C\CCCCCC(=O)OCC(COC(=O)CCCCCCCCCCCCCCCCCCC/C=C\C/C=C\CCCCCCC)OC(=O)CCCCCCCCCCCCCCCCCC. The number of allylic oxidation sites excluding steroid dienone is 10. The molecule has 0 N–H and O–H groups in total. The van der Waals surface area contributed by atoms with Crippen molar-refractivity contribution in [2.24, 2.45) is 0 Å². The molecule has 0 aromatic heterocycles. The normalized spacial score (nSPS) is 12.4. The highest BCUT2D eigenvalue weighted by molar-refractivity contribution is 5.71. The highest BCUT2D eigenvalue weighted by Crippen LogP contribution is 2.18. The molecule has 0 amide bonds. The van der Waals surface area contributed by atoms with E-state index in [9.17, 15) is 14.4 Å². The van der Waals surface area contributed by atoms with Gasteiger partial charge in [0.05, 0.1) is 0 Å². The number of hydrogen-bond donors (Lipinski definition) is 0. The summed E-state index contributed by atoms with van der Waals surface area (Å²) in [5, 5.41) is 0. The number of ether oxygens (including phenoxy) is 3. The lowest BCUT2D eigenvalue weighted by atomic mass is 10.0. The predicted molar refractivity (Wildman–Crippen MR) is 330 cm³/mol. The molecule has 0 saturated carbocycles. The molecule has 6 heteroatoms. The van der Waals surface area contributed by atoms with Crippen molar-refractivity contribution in [2.45, 2.75) is 354 Å². The zero-order valence-electron chi connectivity index (χ0n) is 50.8. The van der Waals surface area contributed by atoms with E-state index in [4.69, 9.17) is 14.2 Å². The highest BCUT2D eigenvalue weighted by atomic mass is 16.6. The maximum atomic E-state index is 12.9. The number of hydrogen-bond acceptors (Lipinski definition) is 6. The van der Waals surface area contributed by atoms with Gasteiger partial charge >= 0.3 is 17.9 Å². The summed E-state index contributed by atoms with van der Waals surface area (Å²) in [4.78, 5) is 38.3. The molecule has 442 valence electrons. The van der Waals surface area contributed by atoms with Crippen LogP contribution in [0.15, 0.2) is 60.8 Å². The predicted octanol–water partition coefficient (Wildman–Crippen LogP) is 22.7. The van der Waals surface area contributed by atoms with Gasteiger partial charge in [-0.2, -0.15) is 0 Å². The largest absolute Gasteiger partial charge is 0.462 e. The molecule has 0 saturated heterocycles. The van der Waals surface area contributed by atoms with Gasteiger partial charge in [-0.1, -0.05) is 306 Å². The van der Waals surface area contributed by atoms with Crippen molar-refractivity contribution < 1.29 is 28.6 Å². The summed E-state index contributed by atoms with van der Waals surface area (Å²) >= 11 is 0. The average molecular weight is 1060 g/mol. The minimum Gasteiger partial charge on any atom is -0.462 e. The van der Waals surface area contributed by atoms with Crippen molar-refractivity contribution in [1.29, 1.82) is 0 Å². The summed E-state index contributed by atoms with van der Waals surface area (Å²) in [5.74, 6) is -0.890. The van der Waals surface area contributed by atoms with Crippen molar-refractivity contribution in [2.75, 3.05) is 13.2 Å². The Kier molecular flexibility index (Phi) is 62.2. The van der Waals surface area contributed by atoms with Crippen LogP contribution in [0, 0.1) is 0 Å². The Morgan fingerprint density at radius 1 is 0.276 bits per heavy atom. The van der Waals surface area contributed by atoms with E-state index < -0.39 is 6.10 Å². The lowest BCUT2D eigenvalue weighted by Gasteiger charge is -2.18. The van der Waals surface area contributed by atoms with Crippen LogP contribution in [0.1, 0.15) is 348 Å². The van der Waals surface area contributed by atoms with E-state index in [1.54, 1.807) is 0 Å². The molecule has 0 bridgehead atoms. The fraction of sp³-hybridized carbons (Fsp3) is 0.814. The third kappa shape index (κ3) is 62.0. The van der Waals surface area contributed by atoms with Crippen LogP contribution in [-0.2, 0) is 28.6 Å². The second kappa shape index (κ2) is 64.6. The Morgan fingerprint density at radius 2 is 0.513 bits per heavy atom. The molecule has 0 aliphatic carbocycles. The van der Waals surface area contributed by atoms with Crippen LogP contribution in [0.5, 0.6) is 0 Å². The summed E-state index contributed by atoms with van der Waals surface area (Å²) in [7, 11) is 0. The van der Waals surface area contributed by atoms with Gasteiger partial charge < -0.3 is 14.2 Å². The molecule has 0 spiro atoms. The van der Waals surface area contributed by atoms with E-state index in [1.807, 2.05) is 0 Å². The zero-order valence-corrected chi connectivity index (χ0v) is 50.8. The first-order valence-electron chi connectivity index (χ1n) is 33.3. The van der Waals surface area contributed by atoms with Gasteiger partial charge in [-0.3, -0.25) is 14.4 Å². The number of carbonyl (C=O) groups excluding carboxylic acids is 3. The van der Waals surface area contributed by atoms with Gasteiger partial charge in [0.15, 0.2) is 6.10 Å². The molecule has 0 rings (SSSR count). The van der Waals surface area contributed by atoms with Gasteiger partial charge in [0.25, 0.3) is 0 Å². The second-order valence-corrected chi connectivity index (χ2v) is 22.4. The van der Waals surface area contributed by atoms with Crippen molar-refractivity contribution in [3.63, 3.8) is 0 Å². The van der Waals surface area contributed by atoms with E-state index in [0.29, 0.717) is 19.3 Å². The molecule has 0 heterocycles. The molecule has 0 aliphatic heterocycles. The lowest BCUT2D eigenvalue weighted by molar-refractivity contribution is -0.167. The molecular formula is C70H126O6. The minimum atomic E-state index is -0.784. The highest BCUT2D eigenvalue weighted by Gasteiger charge is 2.19. The Hall–Kier alpha value is -2.89. The minimum absolute atomic E-state index is 0.0793. The van der Waals surface area contributed by atoms with E-state index in [1.165, 1.54) is 218 Å². The topological polar surface area (TPSA) is 78.9 Å². The van der Waals surface area contributed by atoms with E-state index in [0.717, 1.165) is 89.9 Å². The summed E-state index contributed by atoms with van der Waals surface area (Å²) in [6.45, 7) is 6.54. The molecule has 0 radical (unpaired) electrons. The van der Waals surface area contributed by atoms with Gasteiger partial charge in [0.1, 0.15) is 13.2 Å². The summed E-state index contributed by atoms with van der Waals surface area (Å²) < 4.78 is 16.9. The number of esters is 3. The molecule has 0 fully saturated rings. The summed E-state index contributed by atoms with van der Waals surface area (Å²) in [6.07, 6.45) is 82.5. The fourth-order valence-corrected chi connectivity index (χ4v) is 9.79. The molecular weight excluding hydrogens is 937 g/mol. The van der Waals surface area contributed by atoms with Crippen molar-refractivity contribution in [3.8, 4) is 0 Å². The van der Waals surface area contributed by atoms with Crippen LogP contribution in [0.25, 0.3) is 0 Å². The van der Waals surface area contributed by atoms with Gasteiger partial charge in [-0.15, -0.1) is 0 Å². The first-order valence-corrected chi connectivity index (χ1v) is 33.3. The first kappa shape index (κ1) is 73.1. The molecule has 0 aliphatic rings. The molecule has 0 aromatic carbocycles. The monoisotopic (exact) mass is 1060 g/mol. The van der Waals surface area contributed by atoms with E-state index in [2.05, 4.69) is 81.5 Å². The van der Waals surface area contributed by atoms with Gasteiger partial charge in [0, 0.05) is 19.3 Å². The molecule has 0 aromatic rings. The van der Waals surface area contributed by atoms with Crippen LogP contribution in [0.3, 0.4) is 0 Å². The molecule has 1 atom stereocenters. The quantitative estimate of drug-likeness (QED) is 0.0261. The first-order chi connectivity index (χ1) is 37.5. The van der Waals surface area contributed by atoms with Crippen molar-refractivity contribution >= 4 is 17.9 Å². The third-order valence-electron chi connectivity index (χ3n) is 14.8. The standard InChI is InChI=1S/C70H126O6/c1-4-7-10-13-16-19-22-25-27-29-30-31-32-33-34-35-36-37-38-39-40-41-43-45-48-51-54-57-60-63-69(72)75-66-67(65-74-68(71)62-59-56-53-50-47-44-24-21-18-15-12-9-6-3)76-70(73)64-61-58-55-52-49-46-42-28-26-23-20-17-14-11-8-5-2/h9,12,18,21-22,25,29-30,44,47,67H,4-8,10-11,13-17,19-20,23-24,26-28,31-43,45-46,48-66H2,1-3H3/b12-9-,21-18-,25-22-,30-29-,47-44-. The maximum Gasteiger partial charge on any atom is 0.306 e. The Bertz CT molecular complexity index is 1360. The fourth-order valence-electron chi connectivity index (χ4n) is 9.79. The van der Waals surface area contributed by atoms with Crippen LogP contribution in [0.2, 0.25) is 0 Å². The molecule has 1 unspecified atom stereocenters. The zero-order chi connectivity index (χ0) is 55.0. The van der Waals surface area contributed by atoms with Gasteiger partial charge in [-0.25, -0.2) is 0 Å². The van der Waals surface area contributed by atoms with Crippen molar-refractivity contribution in [1.82, 2.24) is 0 Å². The summed E-state index contributed by atoms with van der Waals surface area (Å²) in [6, 6.07) is 0. The Balaban J connectivity index is 4.19. The van der Waals surface area contributed by atoms with Crippen LogP contribution >= 0.6 is 0 Å². The van der Waals surface area contributed by atoms with Crippen LogP contribution in [-0.4, -0.2) is 37.2 Å². The smallest absolute Gasteiger partial charge is 0.306 e. The van der Waals surface area contributed by atoms with E-state index >= 15 is 0 Å². The molecule has 6 nitrogen and oxygen atoms in total. The molecule has 76 heavy (non-hydrogen) atoms. The maximum absolute atomic E-state index is 12.9. The number of unbranched alkanes of at least 4 members (excludes halogenated alkanes) is 40. The van der Waals surface area contributed by atoms with Crippen LogP contribution < -0.4 is 0 Å². The van der Waals surface area contributed by atoms with Crippen molar-refractivity contribution in [3.05, 3.63) is 60.8 Å². The lowest BCUT2D eigenvalue weighted by Crippen LogP contribution is -2.30. The second-order valence-electron chi connectivity index (χ2n) is 22.4. The Labute approximate surface area is 472 Å². The Morgan fingerprint density at radius 3 is 0.816 bits per heavy atom. The number of carbonyl (C=O) groups is 3. The number of rotatable bonds is 61.